The zero-order valence-corrected chi connectivity index (χ0v) is 9.44. The monoisotopic (exact) mass is 244 g/mol. The molecule has 4 nitrogen and oxygen atoms in total. The van der Waals surface area contributed by atoms with E-state index in [0.29, 0.717) is 0 Å². The average molecular weight is 244 g/mol. The molecule has 94 valence electrons. The Bertz CT molecular complexity index is 368. The highest BCUT2D eigenvalue weighted by atomic mass is 19.3. The number of pyridine rings is 1. The van der Waals surface area contributed by atoms with E-state index in [4.69, 9.17) is 5.11 Å². The topological polar surface area (TPSA) is 53.4 Å². The largest absolute Gasteiger partial charge is 0.395 e. The molecule has 1 aromatic heterocycles. The maximum absolute atomic E-state index is 12.3. The van der Waals surface area contributed by atoms with Crippen LogP contribution in [0.3, 0.4) is 0 Å². The van der Waals surface area contributed by atoms with Gasteiger partial charge in [0.25, 0.3) is 12.3 Å². The van der Waals surface area contributed by atoms with Crippen molar-refractivity contribution in [1.82, 2.24) is 9.88 Å². The maximum atomic E-state index is 12.3. The van der Waals surface area contributed by atoms with Gasteiger partial charge in [-0.3, -0.25) is 9.78 Å². The highest BCUT2D eigenvalue weighted by Gasteiger charge is 2.19. The number of alkyl halides is 2. The van der Waals surface area contributed by atoms with Gasteiger partial charge in [-0.25, -0.2) is 8.78 Å². The highest BCUT2D eigenvalue weighted by Crippen LogP contribution is 2.07. The maximum Gasteiger partial charge on any atom is 0.255 e. The SMILES string of the molecule is Cc1ccc(C(=O)N(CCO)CC(F)F)cn1. The first-order valence-corrected chi connectivity index (χ1v) is 5.15. The van der Waals surface area contributed by atoms with Crippen molar-refractivity contribution in [1.29, 1.82) is 0 Å². The number of hydrogen-bond donors (Lipinski definition) is 1. The van der Waals surface area contributed by atoms with Crippen LogP contribution in [0.15, 0.2) is 18.3 Å². The zero-order valence-electron chi connectivity index (χ0n) is 9.44. The second-order valence-corrected chi connectivity index (χ2v) is 3.55. The van der Waals surface area contributed by atoms with Crippen LogP contribution in [0.2, 0.25) is 0 Å². The number of carbonyl (C=O) groups excluding carboxylic acids is 1. The van der Waals surface area contributed by atoms with E-state index in [2.05, 4.69) is 4.98 Å². The molecule has 1 aromatic rings. The number of nitrogens with zero attached hydrogens (tertiary/aromatic N) is 2. The van der Waals surface area contributed by atoms with Crippen LogP contribution in [-0.4, -0.2) is 47.0 Å². The smallest absolute Gasteiger partial charge is 0.255 e. The number of aliphatic hydroxyl groups is 1. The fraction of sp³-hybridized carbons (Fsp3) is 0.455. The number of carbonyl (C=O) groups is 1. The van der Waals surface area contributed by atoms with Gasteiger partial charge in [0.15, 0.2) is 0 Å². The number of hydrogen-bond acceptors (Lipinski definition) is 3. The van der Waals surface area contributed by atoms with Crippen molar-refractivity contribution < 1.29 is 18.7 Å². The summed E-state index contributed by atoms with van der Waals surface area (Å²) < 4.78 is 24.5. The molecule has 0 spiro atoms. The molecule has 1 rings (SSSR count). The molecule has 17 heavy (non-hydrogen) atoms. The van der Waals surface area contributed by atoms with Crippen molar-refractivity contribution in [2.24, 2.45) is 0 Å². The molecule has 1 N–H and O–H groups in total. The van der Waals surface area contributed by atoms with E-state index >= 15 is 0 Å². The molecule has 0 fully saturated rings. The molecule has 0 bridgehead atoms. The summed E-state index contributed by atoms with van der Waals surface area (Å²) >= 11 is 0. The Hall–Kier alpha value is -1.56. The van der Waals surface area contributed by atoms with Crippen LogP contribution < -0.4 is 0 Å². The van der Waals surface area contributed by atoms with E-state index in [1.54, 1.807) is 13.0 Å². The Balaban J connectivity index is 2.79. The molecular formula is C11H14F2N2O2. The van der Waals surface area contributed by atoms with E-state index in [-0.39, 0.29) is 18.7 Å². The van der Waals surface area contributed by atoms with E-state index < -0.39 is 18.9 Å². The summed E-state index contributed by atoms with van der Waals surface area (Å²) in [6.45, 7) is 0.612. The minimum Gasteiger partial charge on any atom is -0.395 e. The summed E-state index contributed by atoms with van der Waals surface area (Å²) in [5.74, 6) is -0.549. The van der Waals surface area contributed by atoms with E-state index in [0.717, 1.165) is 10.6 Å². The van der Waals surface area contributed by atoms with Gasteiger partial charge in [-0.05, 0) is 19.1 Å². The quantitative estimate of drug-likeness (QED) is 0.843. The summed E-state index contributed by atoms with van der Waals surface area (Å²) in [6, 6.07) is 3.16. The summed E-state index contributed by atoms with van der Waals surface area (Å²) in [5, 5.41) is 8.74. The van der Waals surface area contributed by atoms with Gasteiger partial charge in [0.1, 0.15) is 0 Å². The molecule has 1 amide bonds. The zero-order chi connectivity index (χ0) is 12.8. The fourth-order valence-electron chi connectivity index (χ4n) is 1.34. The van der Waals surface area contributed by atoms with E-state index in [1.807, 2.05) is 0 Å². The van der Waals surface area contributed by atoms with Crippen LogP contribution in [0, 0.1) is 6.92 Å². The molecular weight excluding hydrogens is 230 g/mol. The van der Waals surface area contributed by atoms with Gasteiger partial charge in [0.05, 0.1) is 18.7 Å². The lowest BCUT2D eigenvalue weighted by Crippen LogP contribution is -2.37. The summed E-state index contributed by atoms with van der Waals surface area (Å²) in [4.78, 5) is 16.7. The molecule has 0 aliphatic carbocycles. The highest BCUT2D eigenvalue weighted by molar-refractivity contribution is 5.93. The lowest BCUT2D eigenvalue weighted by Gasteiger charge is -2.21. The Morgan fingerprint density at radius 1 is 1.53 bits per heavy atom. The van der Waals surface area contributed by atoms with Gasteiger partial charge in [-0.15, -0.1) is 0 Å². The third-order valence-corrected chi connectivity index (χ3v) is 2.17. The Morgan fingerprint density at radius 2 is 2.24 bits per heavy atom. The van der Waals surface area contributed by atoms with Gasteiger partial charge in [0.2, 0.25) is 0 Å². The molecule has 0 saturated heterocycles. The fourth-order valence-corrected chi connectivity index (χ4v) is 1.34. The Morgan fingerprint density at radius 3 is 2.71 bits per heavy atom. The molecule has 1 heterocycles. The normalized spacial score (nSPS) is 10.6. The van der Waals surface area contributed by atoms with Crippen molar-refractivity contribution in [3.8, 4) is 0 Å². The summed E-state index contributed by atoms with van der Waals surface area (Å²) in [7, 11) is 0. The van der Waals surface area contributed by atoms with E-state index in [1.165, 1.54) is 12.3 Å². The molecule has 0 aromatic carbocycles. The summed E-state index contributed by atoms with van der Waals surface area (Å²) in [5.41, 5.74) is 0.980. The van der Waals surface area contributed by atoms with Crippen LogP contribution in [-0.2, 0) is 0 Å². The van der Waals surface area contributed by atoms with Gasteiger partial charge < -0.3 is 10.0 Å². The van der Waals surface area contributed by atoms with Gasteiger partial charge in [0, 0.05) is 18.4 Å². The lowest BCUT2D eigenvalue weighted by molar-refractivity contribution is 0.0509. The third kappa shape index (κ3) is 4.07. The second kappa shape index (κ2) is 6.24. The van der Waals surface area contributed by atoms with Crippen LogP contribution in [0.25, 0.3) is 0 Å². The first-order chi connectivity index (χ1) is 8.04. The van der Waals surface area contributed by atoms with Gasteiger partial charge in [-0.1, -0.05) is 0 Å². The van der Waals surface area contributed by atoms with Crippen LogP contribution >= 0.6 is 0 Å². The van der Waals surface area contributed by atoms with Crippen LogP contribution in [0.1, 0.15) is 16.1 Å². The van der Waals surface area contributed by atoms with Crippen molar-refractivity contribution >= 4 is 5.91 Å². The Kier molecular flexibility index (Phi) is 4.96. The first kappa shape index (κ1) is 13.5. The number of amides is 1. The average Bonchev–Trinajstić information content (AvgIpc) is 2.28. The molecule has 0 saturated carbocycles. The number of aryl methyl sites for hydroxylation is 1. The lowest BCUT2D eigenvalue weighted by atomic mass is 10.2. The van der Waals surface area contributed by atoms with Crippen LogP contribution in [0.4, 0.5) is 8.78 Å². The van der Waals surface area contributed by atoms with Gasteiger partial charge >= 0.3 is 0 Å². The first-order valence-electron chi connectivity index (χ1n) is 5.15. The number of aliphatic hydroxyl groups excluding tert-OH is 1. The number of rotatable bonds is 5. The van der Waals surface area contributed by atoms with Crippen molar-refractivity contribution in [3.05, 3.63) is 29.6 Å². The molecule has 0 radical (unpaired) electrons. The van der Waals surface area contributed by atoms with E-state index in [9.17, 15) is 13.6 Å². The summed E-state index contributed by atoms with van der Waals surface area (Å²) in [6.07, 6.45) is -1.28. The second-order valence-electron chi connectivity index (χ2n) is 3.55. The number of halogens is 2. The predicted molar refractivity (Wildman–Crippen MR) is 58.0 cm³/mol. The molecule has 0 aliphatic heterocycles. The molecule has 0 atom stereocenters. The van der Waals surface area contributed by atoms with Crippen LogP contribution in [0.5, 0.6) is 0 Å². The van der Waals surface area contributed by atoms with Crippen molar-refractivity contribution in [2.45, 2.75) is 13.3 Å². The molecule has 0 unspecified atom stereocenters. The van der Waals surface area contributed by atoms with Crippen molar-refractivity contribution in [3.63, 3.8) is 0 Å². The molecule has 0 aliphatic rings. The third-order valence-electron chi connectivity index (χ3n) is 2.17. The minimum absolute atomic E-state index is 0.114. The minimum atomic E-state index is -2.62. The Labute approximate surface area is 97.9 Å². The predicted octanol–water partition coefficient (Wildman–Crippen LogP) is 1.09. The number of aromatic nitrogens is 1. The van der Waals surface area contributed by atoms with Gasteiger partial charge in [-0.2, -0.15) is 0 Å². The standard InChI is InChI=1S/C11H14F2N2O2/c1-8-2-3-9(6-14-8)11(17)15(4-5-16)7-10(12)13/h2-3,6,10,16H,4-5,7H2,1H3. The van der Waals surface area contributed by atoms with Crippen molar-refractivity contribution in [2.75, 3.05) is 19.7 Å². The molecule has 6 heteroatoms.